The van der Waals surface area contributed by atoms with Crippen molar-refractivity contribution in [1.29, 1.82) is 0 Å². The van der Waals surface area contributed by atoms with Crippen molar-refractivity contribution in [2.45, 2.75) is 26.7 Å². The molecule has 0 aliphatic heterocycles. The maximum Gasteiger partial charge on any atom is 0.348 e. The third-order valence-electron chi connectivity index (χ3n) is 1.96. The molecule has 0 bridgehead atoms. The molecule has 0 aromatic carbocycles. The molecule has 0 rings (SSSR count). The highest BCUT2D eigenvalue weighted by atomic mass is 31.2. The van der Waals surface area contributed by atoms with Crippen LogP contribution in [0.5, 0.6) is 0 Å². The van der Waals surface area contributed by atoms with Gasteiger partial charge in [0.1, 0.15) is 7.14 Å². The summed E-state index contributed by atoms with van der Waals surface area (Å²) < 4.78 is 29.5. The van der Waals surface area contributed by atoms with Crippen LogP contribution in [0.1, 0.15) is 20.8 Å². The first-order valence-electron chi connectivity index (χ1n) is 4.40. The lowest BCUT2D eigenvalue weighted by atomic mass is 10.7. The van der Waals surface area contributed by atoms with Gasteiger partial charge in [-0.15, -0.1) is 0 Å². The Morgan fingerprint density at radius 1 is 1.38 bits per heavy atom. The minimum Gasteiger partial charge on any atom is -0.463 e. The van der Waals surface area contributed by atoms with E-state index in [0.717, 1.165) is 0 Å². The number of carbonyl (C=O) groups excluding carboxylic acids is 1. The molecule has 78 valence electrons. The molecule has 0 fully saturated rings. The molecule has 1 unspecified atom stereocenters. The molecule has 13 heavy (non-hydrogen) atoms. The van der Waals surface area contributed by atoms with E-state index in [2.05, 4.69) is 4.74 Å². The number of rotatable bonds is 5. The molecule has 0 aliphatic rings. The smallest absolute Gasteiger partial charge is 0.348 e. The average Bonchev–Trinajstić information content (AvgIpc) is 2.16. The molecule has 0 spiro atoms. The summed E-state index contributed by atoms with van der Waals surface area (Å²) in [5.74, 6) is -2.93. The van der Waals surface area contributed by atoms with Gasteiger partial charge in [0.05, 0.1) is 6.61 Å². The zero-order valence-electron chi connectivity index (χ0n) is 8.25. The van der Waals surface area contributed by atoms with Gasteiger partial charge in [0, 0.05) is 12.3 Å². The van der Waals surface area contributed by atoms with E-state index in [0.29, 0.717) is 0 Å². The van der Waals surface area contributed by atoms with Crippen molar-refractivity contribution >= 4 is 13.1 Å². The Morgan fingerprint density at radius 3 is 2.15 bits per heavy atom. The third-order valence-corrected chi connectivity index (χ3v) is 5.14. The summed E-state index contributed by atoms with van der Waals surface area (Å²) >= 11 is 0. The van der Waals surface area contributed by atoms with Crippen LogP contribution >= 0.6 is 7.14 Å². The van der Waals surface area contributed by atoms with Gasteiger partial charge in [-0.3, -0.25) is 0 Å². The van der Waals surface area contributed by atoms with Crippen molar-refractivity contribution in [3.63, 3.8) is 0 Å². The topological polar surface area (TPSA) is 43.4 Å². The second kappa shape index (κ2) is 5.38. The summed E-state index contributed by atoms with van der Waals surface area (Å²) in [7, 11) is -3.00. The molecule has 5 heteroatoms. The van der Waals surface area contributed by atoms with E-state index < -0.39 is 19.0 Å². The van der Waals surface area contributed by atoms with Gasteiger partial charge in [-0.05, 0) is 6.92 Å². The fourth-order valence-electron chi connectivity index (χ4n) is 0.947. The summed E-state index contributed by atoms with van der Waals surface area (Å²) in [6.07, 6.45) is 0.396. The number of hydrogen-bond donors (Lipinski definition) is 0. The zero-order valence-corrected chi connectivity index (χ0v) is 9.14. The monoisotopic (exact) mass is 210 g/mol. The SMILES string of the molecule is CCOC(=O)C(F)P(=O)(CC)CC. The Bertz CT molecular complexity index is 209. The molecular formula is C8H16FO3P. The van der Waals surface area contributed by atoms with Gasteiger partial charge in [-0.1, -0.05) is 13.8 Å². The summed E-state index contributed by atoms with van der Waals surface area (Å²) in [5.41, 5.74) is 0. The van der Waals surface area contributed by atoms with Crippen molar-refractivity contribution in [1.82, 2.24) is 0 Å². The van der Waals surface area contributed by atoms with Gasteiger partial charge in [0.15, 0.2) is 0 Å². The number of hydrogen-bond acceptors (Lipinski definition) is 3. The van der Waals surface area contributed by atoms with Crippen molar-refractivity contribution < 1.29 is 18.5 Å². The average molecular weight is 210 g/mol. The number of halogens is 1. The van der Waals surface area contributed by atoms with E-state index in [9.17, 15) is 13.8 Å². The molecule has 0 radical (unpaired) electrons. The Balaban J connectivity index is 4.46. The second-order valence-electron chi connectivity index (χ2n) is 2.67. The molecule has 0 amide bonds. The summed E-state index contributed by atoms with van der Waals surface area (Å²) in [6, 6.07) is 0. The predicted molar refractivity (Wildman–Crippen MR) is 50.2 cm³/mol. The van der Waals surface area contributed by atoms with Gasteiger partial charge < -0.3 is 9.30 Å². The van der Waals surface area contributed by atoms with Crippen LogP contribution in [0.2, 0.25) is 0 Å². The second-order valence-corrected chi connectivity index (χ2v) is 6.30. The number of alkyl halides is 1. The lowest BCUT2D eigenvalue weighted by molar-refractivity contribution is -0.145. The Hall–Kier alpha value is -0.370. The molecule has 0 aromatic heterocycles. The third kappa shape index (κ3) is 3.11. The lowest BCUT2D eigenvalue weighted by Gasteiger charge is -2.17. The molecule has 0 aliphatic carbocycles. The molecule has 0 saturated heterocycles. The highest BCUT2D eigenvalue weighted by molar-refractivity contribution is 7.65. The highest BCUT2D eigenvalue weighted by Gasteiger charge is 2.36. The first-order valence-corrected chi connectivity index (χ1v) is 6.54. The fraction of sp³-hybridized carbons (Fsp3) is 0.875. The Morgan fingerprint density at radius 2 is 1.85 bits per heavy atom. The predicted octanol–water partition coefficient (Wildman–Crippen LogP) is 2.25. The van der Waals surface area contributed by atoms with Gasteiger partial charge in [-0.2, -0.15) is 0 Å². The molecule has 0 aromatic rings. The molecule has 3 nitrogen and oxygen atoms in total. The first-order chi connectivity index (χ1) is 6.01. The number of ether oxygens (including phenoxy) is 1. The number of carbonyl (C=O) groups is 1. The van der Waals surface area contributed by atoms with Gasteiger partial charge in [0.25, 0.3) is 0 Å². The van der Waals surface area contributed by atoms with Crippen LogP contribution < -0.4 is 0 Å². The van der Waals surface area contributed by atoms with E-state index >= 15 is 0 Å². The maximum atomic E-state index is 13.3. The fourth-order valence-corrected chi connectivity index (χ4v) is 2.49. The van der Waals surface area contributed by atoms with E-state index in [1.807, 2.05) is 0 Å². The molecule has 0 N–H and O–H groups in total. The summed E-state index contributed by atoms with van der Waals surface area (Å²) in [6.45, 7) is 4.95. The zero-order chi connectivity index (χ0) is 10.5. The lowest BCUT2D eigenvalue weighted by Crippen LogP contribution is -2.21. The van der Waals surface area contributed by atoms with Crippen molar-refractivity contribution in [3.8, 4) is 0 Å². The Kier molecular flexibility index (Phi) is 5.23. The van der Waals surface area contributed by atoms with Gasteiger partial charge in [-0.25, -0.2) is 9.18 Å². The van der Waals surface area contributed by atoms with Crippen LogP contribution in [-0.4, -0.2) is 30.8 Å². The normalized spacial score (nSPS) is 13.8. The summed E-state index contributed by atoms with van der Waals surface area (Å²) in [4.78, 5) is 10.9. The largest absolute Gasteiger partial charge is 0.463 e. The van der Waals surface area contributed by atoms with E-state index in [-0.39, 0.29) is 18.9 Å². The van der Waals surface area contributed by atoms with Crippen LogP contribution in [0.3, 0.4) is 0 Å². The quantitative estimate of drug-likeness (QED) is 0.516. The summed E-state index contributed by atoms with van der Waals surface area (Å²) in [5, 5.41) is 0. The molecule has 0 saturated carbocycles. The highest BCUT2D eigenvalue weighted by Crippen LogP contribution is 2.50. The Labute approximate surface area is 78.0 Å². The number of esters is 1. The molecule has 0 heterocycles. The van der Waals surface area contributed by atoms with Gasteiger partial charge in [0.2, 0.25) is 5.91 Å². The van der Waals surface area contributed by atoms with Crippen LogP contribution in [0.25, 0.3) is 0 Å². The maximum absolute atomic E-state index is 13.3. The molecular weight excluding hydrogens is 194 g/mol. The van der Waals surface area contributed by atoms with Crippen LogP contribution in [0.15, 0.2) is 0 Å². The van der Waals surface area contributed by atoms with Crippen LogP contribution in [0.4, 0.5) is 4.39 Å². The molecule has 1 atom stereocenters. The minimum absolute atomic E-state index is 0.118. The standard InChI is InChI=1S/C8H16FO3P/c1-4-12-8(10)7(9)13(11,5-2)6-3/h7H,4-6H2,1-3H3. The first kappa shape index (κ1) is 12.6. The van der Waals surface area contributed by atoms with Crippen molar-refractivity contribution in [3.05, 3.63) is 0 Å². The minimum atomic E-state index is -3.00. The van der Waals surface area contributed by atoms with E-state index in [1.165, 1.54) is 0 Å². The van der Waals surface area contributed by atoms with Crippen LogP contribution in [0, 0.1) is 0 Å². The van der Waals surface area contributed by atoms with Crippen molar-refractivity contribution in [2.75, 3.05) is 18.9 Å². The van der Waals surface area contributed by atoms with Crippen molar-refractivity contribution in [2.24, 2.45) is 0 Å². The van der Waals surface area contributed by atoms with E-state index in [4.69, 9.17) is 0 Å². The van der Waals surface area contributed by atoms with Gasteiger partial charge >= 0.3 is 5.97 Å². The van der Waals surface area contributed by atoms with Crippen LogP contribution in [-0.2, 0) is 14.1 Å². The van der Waals surface area contributed by atoms with E-state index in [1.54, 1.807) is 20.8 Å².